The van der Waals surface area contributed by atoms with Gasteiger partial charge in [0.25, 0.3) is 11.1 Å². The van der Waals surface area contributed by atoms with Gasteiger partial charge in [-0.2, -0.15) is 0 Å². The molecule has 1 aliphatic heterocycles. The predicted molar refractivity (Wildman–Crippen MR) is 107 cm³/mol. The minimum absolute atomic E-state index is 0.348. The lowest BCUT2D eigenvalue weighted by Crippen LogP contribution is -2.17. The Bertz CT molecular complexity index is 1150. The molecule has 0 bridgehead atoms. The maximum atomic E-state index is 11.6. The van der Waals surface area contributed by atoms with Crippen molar-refractivity contribution in [2.24, 2.45) is 0 Å². The van der Waals surface area contributed by atoms with Crippen LogP contribution < -0.4 is 5.32 Å². The van der Waals surface area contributed by atoms with E-state index in [9.17, 15) is 9.59 Å². The Balaban J connectivity index is 1.50. The van der Waals surface area contributed by atoms with Crippen molar-refractivity contribution in [2.45, 2.75) is 6.54 Å². The Morgan fingerprint density at radius 1 is 1.15 bits per heavy atom. The van der Waals surface area contributed by atoms with Gasteiger partial charge in [-0.15, -0.1) is 0 Å². The van der Waals surface area contributed by atoms with Gasteiger partial charge in [-0.25, -0.2) is 4.98 Å². The van der Waals surface area contributed by atoms with Crippen molar-refractivity contribution in [1.29, 1.82) is 0 Å². The van der Waals surface area contributed by atoms with Crippen molar-refractivity contribution in [3.05, 3.63) is 69.8 Å². The molecule has 1 N–H and O–H groups in total. The van der Waals surface area contributed by atoms with Gasteiger partial charge in [-0.05, 0) is 59.3 Å². The Morgan fingerprint density at radius 3 is 2.67 bits per heavy atom. The fraction of sp³-hybridized carbons (Fsp3) is 0.0500. The number of amides is 2. The second-order valence-corrected chi connectivity index (χ2v) is 7.08. The third kappa shape index (κ3) is 3.75. The van der Waals surface area contributed by atoms with Gasteiger partial charge in [0.2, 0.25) is 5.28 Å². The highest BCUT2D eigenvalue weighted by molar-refractivity contribution is 8.18. The lowest BCUT2D eigenvalue weighted by molar-refractivity contribution is -0.115. The first kappa shape index (κ1) is 17.4. The molecule has 0 saturated carbocycles. The van der Waals surface area contributed by atoms with E-state index in [1.807, 2.05) is 53.1 Å². The summed E-state index contributed by atoms with van der Waals surface area (Å²) in [7, 11) is 0. The van der Waals surface area contributed by atoms with Gasteiger partial charge >= 0.3 is 0 Å². The normalized spacial score (nSPS) is 15.1. The minimum Gasteiger partial charge on any atom is -0.303 e. The number of imidazole rings is 1. The fourth-order valence-corrected chi connectivity index (χ4v) is 3.58. The summed E-state index contributed by atoms with van der Waals surface area (Å²) in [5.74, 6) is 5.84. The SMILES string of the molecule is O=C1NC(=O)/C(=C\c2ccc(C#CCn3c(Cl)nc4ccccc43)cc2)S1. The number of nitrogens with one attached hydrogen (secondary N) is 1. The van der Waals surface area contributed by atoms with Gasteiger partial charge in [0.15, 0.2) is 0 Å². The van der Waals surface area contributed by atoms with Crippen LogP contribution >= 0.6 is 23.4 Å². The highest BCUT2D eigenvalue weighted by Crippen LogP contribution is 2.25. The van der Waals surface area contributed by atoms with E-state index >= 15 is 0 Å². The molecular formula is C20H12ClN3O2S. The third-order valence-corrected chi connectivity index (χ3v) is 5.03. The van der Waals surface area contributed by atoms with Crippen LogP contribution in [0.15, 0.2) is 53.4 Å². The number of fused-ring (bicyclic) bond motifs is 1. The van der Waals surface area contributed by atoms with Crippen LogP contribution in [0.1, 0.15) is 11.1 Å². The maximum Gasteiger partial charge on any atom is 0.290 e. The smallest absolute Gasteiger partial charge is 0.290 e. The quantitative estimate of drug-likeness (QED) is 0.526. The molecule has 0 spiro atoms. The molecule has 2 amide bonds. The standard InChI is InChI=1S/C20H12ClN3O2S/c21-19-22-15-5-1-2-6-16(15)24(19)11-3-4-13-7-9-14(10-8-13)12-17-18(25)23-20(26)27-17/h1-2,5-10,12H,11H2,(H,23,25,26)/b17-12+. The first-order valence-corrected chi connectivity index (χ1v) is 9.24. The topological polar surface area (TPSA) is 64.0 Å². The summed E-state index contributed by atoms with van der Waals surface area (Å²) in [5.41, 5.74) is 3.46. The van der Waals surface area contributed by atoms with E-state index in [1.54, 1.807) is 6.08 Å². The van der Waals surface area contributed by atoms with Gasteiger partial charge in [-0.3, -0.25) is 14.9 Å². The number of imide groups is 1. The Morgan fingerprint density at radius 2 is 1.93 bits per heavy atom. The lowest BCUT2D eigenvalue weighted by Gasteiger charge is -1.99. The van der Waals surface area contributed by atoms with Crippen LogP contribution in [-0.2, 0) is 11.3 Å². The first-order valence-electron chi connectivity index (χ1n) is 8.05. The van der Waals surface area contributed by atoms with E-state index in [0.717, 1.165) is 33.9 Å². The zero-order valence-electron chi connectivity index (χ0n) is 13.9. The molecule has 0 unspecified atom stereocenters. The van der Waals surface area contributed by atoms with E-state index in [-0.39, 0.29) is 11.1 Å². The number of carbonyl (C=O) groups is 2. The molecule has 5 nitrogen and oxygen atoms in total. The van der Waals surface area contributed by atoms with Crippen molar-refractivity contribution in [3.8, 4) is 11.8 Å². The predicted octanol–water partition coefficient (Wildman–Crippen LogP) is 4.07. The molecule has 27 heavy (non-hydrogen) atoms. The van der Waals surface area contributed by atoms with E-state index in [0.29, 0.717) is 16.7 Å². The summed E-state index contributed by atoms with van der Waals surface area (Å²) < 4.78 is 1.86. The summed E-state index contributed by atoms with van der Waals surface area (Å²) in [6.07, 6.45) is 1.68. The van der Waals surface area contributed by atoms with E-state index in [2.05, 4.69) is 22.1 Å². The van der Waals surface area contributed by atoms with Crippen molar-refractivity contribution in [2.75, 3.05) is 0 Å². The molecule has 4 rings (SSSR count). The molecule has 0 atom stereocenters. The van der Waals surface area contributed by atoms with Crippen LogP contribution in [0.3, 0.4) is 0 Å². The highest BCUT2D eigenvalue weighted by Gasteiger charge is 2.24. The van der Waals surface area contributed by atoms with Crippen LogP contribution in [-0.4, -0.2) is 20.7 Å². The first-order chi connectivity index (χ1) is 13.1. The number of para-hydroxylation sites is 2. The van der Waals surface area contributed by atoms with Crippen molar-refractivity contribution in [1.82, 2.24) is 14.9 Å². The van der Waals surface area contributed by atoms with Gasteiger partial charge in [0, 0.05) is 5.56 Å². The zero-order chi connectivity index (χ0) is 18.8. The number of nitrogens with zero attached hydrogens (tertiary/aromatic N) is 2. The number of thioether (sulfide) groups is 1. The van der Waals surface area contributed by atoms with Crippen LogP contribution in [0.25, 0.3) is 17.1 Å². The van der Waals surface area contributed by atoms with Crippen LogP contribution in [0, 0.1) is 11.8 Å². The summed E-state index contributed by atoms with van der Waals surface area (Å²) in [4.78, 5) is 27.5. The average Bonchev–Trinajstić information content (AvgIpc) is 3.14. The number of benzene rings is 2. The molecule has 1 saturated heterocycles. The number of aromatic nitrogens is 2. The zero-order valence-corrected chi connectivity index (χ0v) is 15.5. The molecule has 7 heteroatoms. The molecule has 0 radical (unpaired) electrons. The molecule has 2 aromatic carbocycles. The van der Waals surface area contributed by atoms with Crippen molar-refractivity contribution >= 4 is 51.6 Å². The summed E-state index contributed by atoms with van der Waals surface area (Å²) >= 11 is 7.09. The van der Waals surface area contributed by atoms with E-state index in [1.165, 1.54) is 0 Å². The molecule has 1 aliphatic rings. The fourth-order valence-electron chi connectivity index (χ4n) is 2.65. The maximum absolute atomic E-state index is 11.6. The number of halogens is 1. The molecule has 0 aliphatic carbocycles. The molecule has 1 aromatic heterocycles. The molecular weight excluding hydrogens is 382 g/mol. The monoisotopic (exact) mass is 393 g/mol. The number of hydrogen-bond acceptors (Lipinski definition) is 4. The minimum atomic E-state index is -0.363. The molecule has 1 fully saturated rings. The van der Waals surface area contributed by atoms with Gasteiger partial charge < -0.3 is 4.57 Å². The Kier molecular flexibility index (Phi) is 4.71. The largest absolute Gasteiger partial charge is 0.303 e. The average molecular weight is 394 g/mol. The van der Waals surface area contributed by atoms with E-state index < -0.39 is 0 Å². The molecule has 2 heterocycles. The van der Waals surface area contributed by atoms with Gasteiger partial charge in [-0.1, -0.05) is 36.1 Å². The number of rotatable bonds is 2. The molecule has 3 aromatic rings. The van der Waals surface area contributed by atoms with Crippen LogP contribution in [0.2, 0.25) is 5.28 Å². The van der Waals surface area contributed by atoms with E-state index in [4.69, 9.17) is 11.6 Å². The van der Waals surface area contributed by atoms with Gasteiger partial charge in [0.1, 0.15) is 0 Å². The summed E-state index contributed by atoms with van der Waals surface area (Å²) in [6.45, 7) is 0.435. The Labute approximate surface area is 164 Å². The highest BCUT2D eigenvalue weighted by atomic mass is 35.5. The van der Waals surface area contributed by atoms with Crippen molar-refractivity contribution < 1.29 is 9.59 Å². The Hall–Kier alpha value is -3.01. The van der Waals surface area contributed by atoms with Gasteiger partial charge in [0.05, 0.1) is 22.5 Å². The second-order valence-electron chi connectivity index (χ2n) is 5.73. The van der Waals surface area contributed by atoms with Crippen LogP contribution in [0.4, 0.5) is 4.79 Å². The second kappa shape index (κ2) is 7.31. The lowest BCUT2D eigenvalue weighted by atomic mass is 10.1. The van der Waals surface area contributed by atoms with Crippen molar-refractivity contribution in [3.63, 3.8) is 0 Å². The number of hydrogen-bond donors (Lipinski definition) is 1. The third-order valence-electron chi connectivity index (χ3n) is 3.93. The molecule has 132 valence electrons. The summed E-state index contributed by atoms with van der Waals surface area (Å²) in [5, 5.41) is 2.30. The van der Waals surface area contributed by atoms with Crippen LogP contribution in [0.5, 0.6) is 0 Å². The summed E-state index contributed by atoms with van der Waals surface area (Å²) in [6, 6.07) is 15.2. The number of carbonyl (C=O) groups excluding carboxylic acids is 2.